The van der Waals surface area contributed by atoms with Gasteiger partial charge in [0.2, 0.25) is 0 Å². The van der Waals surface area contributed by atoms with Crippen LogP contribution in [0.4, 0.5) is 0 Å². The van der Waals surface area contributed by atoms with Crippen LogP contribution in [-0.2, 0) is 16.5 Å². The maximum atomic E-state index is 11.8. The summed E-state index contributed by atoms with van der Waals surface area (Å²) < 4.78 is 41.0. The first-order chi connectivity index (χ1) is 15.0. The molecule has 4 nitrogen and oxygen atoms in total. The van der Waals surface area contributed by atoms with Crippen LogP contribution in [-0.4, -0.2) is 13.0 Å². The average molecular weight is 469 g/mol. The van der Waals surface area contributed by atoms with Gasteiger partial charge < -0.3 is 9.29 Å². The topological polar surface area (TPSA) is 66.4 Å². The van der Waals surface area contributed by atoms with Crippen LogP contribution in [0.3, 0.4) is 0 Å². The normalized spacial score (nSPS) is 11.2. The maximum Gasteiger partial charge on any atom is 1.00 e. The van der Waals surface area contributed by atoms with Crippen molar-refractivity contribution in [2.75, 3.05) is 0 Å². The molecule has 0 aliphatic rings. The smallest absolute Gasteiger partial charge is 0.744 e. The molecule has 0 aliphatic carbocycles. The number of rotatable bonds is 16. The molecule has 0 saturated heterocycles. The molecule has 2 rings (SSSR count). The van der Waals surface area contributed by atoms with Crippen LogP contribution >= 0.6 is 0 Å². The minimum atomic E-state index is -4.54. The van der Waals surface area contributed by atoms with E-state index in [1.54, 1.807) is 24.3 Å². The van der Waals surface area contributed by atoms with E-state index in [-0.39, 0.29) is 34.5 Å². The predicted octanol–water partition coefficient (Wildman–Crippen LogP) is 4.63. The first kappa shape index (κ1) is 29.2. The zero-order valence-corrected chi connectivity index (χ0v) is 22.7. The number of aryl methyl sites for hydroxylation is 1. The zero-order chi connectivity index (χ0) is 22.4. The molecule has 0 N–H and O–H groups in total. The summed E-state index contributed by atoms with van der Waals surface area (Å²) in [7, 11) is -4.54. The molecule has 0 amide bonds. The minimum absolute atomic E-state index is 0. The zero-order valence-electron chi connectivity index (χ0n) is 19.9. The number of hydrogen-bond donors (Lipinski definition) is 0. The molecule has 0 bridgehead atoms. The van der Waals surface area contributed by atoms with Gasteiger partial charge in [0.15, 0.2) is 0 Å². The Hall–Kier alpha value is -0.850. The molecule has 0 aromatic heterocycles. The largest absolute Gasteiger partial charge is 1.00 e. The molecule has 0 heterocycles. The van der Waals surface area contributed by atoms with E-state index in [4.69, 9.17) is 4.74 Å². The second-order valence-corrected chi connectivity index (χ2v) is 9.63. The van der Waals surface area contributed by atoms with E-state index in [2.05, 4.69) is 6.92 Å². The molecule has 2 aromatic rings. The van der Waals surface area contributed by atoms with E-state index in [1.807, 2.05) is 18.2 Å². The van der Waals surface area contributed by atoms with E-state index < -0.39 is 10.1 Å². The van der Waals surface area contributed by atoms with Gasteiger partial charge in [-0.3, -0.25) is 0 Å². The third-order valence-electron chi connectivity index (χ3n) is 5.59. The fourth-order valence-electron chi connectivity index (χ4n) is 3.82. The van der Waals surface area contributed by atoms with Gasteiger partial charge in [0.05, 0.1) is 4.90 Å². The summed E-state index contributed by atoms with van der Waals surface area (Å²) in [4.78, 5) is -0.163. The van der Waals surface area contributed by atoms with Crippen LogP contribution in [0.5, 0.6) is 11.5 Å². The van der Waals surface area contributed by atoms with Crippen LogP contribution in [0.25, 0.3) is 0 Å². The summed E-state index contributed by atoms with van der Waals surface area (Å²) >= 11 is 0. The minimum Gasteiger partial charge on any atom is -0.744 e. The molecule has 0 atom stereocenters. The van der Waals surface area contributed by atoms with Crippen LogP contribution in [0, 0.1) is 0 Å². The predicted molar refractivity (Wildman–Crippen MR) is 126 cm³/mol. The maximum absolute atomic E-state index is 11.8. The standard InChI is InChI=1S/C26H38O4S.Na/c1-2-3-4-5-6-7-8-9-10-11-12-14-17-23-20-21-25(22-26(23)31(27,28)29)30-24-18-15-13-16-19-24;/h13,15-16,18-22H,2-12,14,17H2,1H3,(H,27,28,29);/q;+1/p-1. The van der Waals surface area contributed by atoms with Gasteiger partial charge >= 0.3 is 29.6 Å². The van der Waals surface area contributed by atoms with Crippen molar-refractivity contribution in [2.45, 2.75) is 95.3 Å². The van der Waals surface area contributed by atoms with Gasteiger partial charge in [0, 0.05) is 0 Å². The molecule has 172 valence electrons. The fraction of sp³-hybridized carbons (Fsp3) is 0.538. The number of hydrogen-bond acceptors (Lipinski definition) is 4. The molecule has 6 heteroatoms. The molecule has 0 aliphatic heterocycles. The molecule has 0 unspecified atom stereocenters. The monoisotopic (exact) mass is 468 g/mol. The van der Waals surface area contributed by atoms with E-state index in [9.17, 15) is 13.0 Å². The fourth-order valence-corrected chi connectivity index (χ4v) is 4.57. The second-order valence-electron chi connectivity index (χ2n) is 8.28. The SMILES string of the molecule is CCCCCCCCCCCCCCc1ccc(Oc2ccccc2)cc1S(=O)(=O)[O-].[Na+]. The van der Waals surface area contributed by atoms with E-state index in [0.717, 1.165) is 19.3 Å². The quantitative estimate of drug-likeness (QED) is 0.205. The number of unbranched alkanes of at least 4 members (excludes halogenated alkanes) is 11. The van der Waals surface area contributed by atoms with Crippen LogP contribution < -0.4 is 34.3 Å². The molecule has 2 aromatic carbocycles. The van der Waals surface area contributed by atoms with Crippen molar-refractivity contribution in [1.29, 1.82) is 0 Å². The van der Waals surface area contributed by atoms with E-state index >= 15 is 0 Å². The Morgan fingerprint density at radius 1 is 0.719 bits per heavy atom. The van der Waals surface area contributed by atoms with Crippen LogP contribution in [0.15, 0.2) is 53.4 Å². The van der Waals surface area contributed by atoms with Crippen molar-refractivity contribution in [3.05, 3.63) is 54.1 Å². The van der Waals surface area contributed by atoms with Gasteiger partial charge in [-0.1, -0.05) is 102 Å². The summed E-state index contributed by atoms with van der Waals surface area (Å²) in [5.74, 6) is 0.963. The van der Waals surface area contributed by atoms with E-state index in [1.165, 1.54) is 63.9 Å². The number of para-hydroxylation sites is 1. The Kier molecular flexibility index (Phi) is 15.2. The summed E-state index contributed by atoms with van der Waals surface area (Å²) in [5, 5.41) is 0. The van der Waals surface area contributed by atoms with Gasteiger partial charge in [-0.15, -0.1) is 0 Å². The van der Waals surface area contributed by atoms with Gasteiger partial charge in [0.25, 0.3) is 0 Å². The first-order valence-electron chi connectivity index (χ1n) is 11.8. The van der Waals surface area contributed by atoms with E-state index in [0.29, 0.717) is 23.5 Å². The molecular formula is C26H37NaO4S. The molecule has 32 heavy (non-hydrogen) atoms. The summed E-state index contributed by atoms with van der Waals surface area (Å²) in [6.07, 6.45) is 15.6. The Morgan fingerprint density at radius 2 is 1.25 bits per heavy atom. The van der Waals surface area contributed by atoms with Crippen molar-refractivity contribution < 1.29 is 47.3 Å². The second kappa shape index (κ2) is 16.7. The van der Waals surface area contributed by atoms with Gasteiger partial charge in [-0.05, 0) is 42.7 Å². The van der Waals surface area contributed by atoms with Crippen molar-refractivity contribution in [3.63, 3.8) is 0 Å². The molecule has 0 fully saturated rings. The summed E-state index contributed by atoms with van der Waals surface area (Å²) in [6.45, 7) is 2.25. The van der Waals surface area contributed by atoms with Crippen LogP contribution in [0.2, 0.25) is 0 Å². The van der Waals surface area contributed by atoms with Gasteiger partial charge in [-0.2, -0.15) is 0 Å². The average Bonchev–Trinajstić information content (AvgIpc) is 2.75. The Labute approximate surface area is 217 Å². The molecule has 0 spiro atoms. The molecular weight excluding hydrogens is 431 g/mol. The summed E-state index contributed by atoms with van der Waals surface area (Å²) in [5.41, 5.74) is 0.586. The number of ether oxygens (including phenoxy) is 1. The van der Waals surface area contributed by atoms with Crippen LogP contribution in [0.1, 0.15) is 89.5 Å². The van der Waals surface area contributed by atoms with Crippen molar-refractivity contribution in [1.82, 2.24) is 0 Å². The summed E-state index contributed by atoms with van der Waals surface area (Å²) in [6, 6.07) is 13.9. The third kappa shape index (κ3) is 11.9. The number of benzene rings is 2. The Morgan fingerprint density at radius 3 is 1.78 bits per heavy atom. The van der Waals surface area contributed by atoms with Gasteiger partial charge in [0.1, 0.15) is 21.6 Å². The van der Waals surface area contributed by atoms with Gasteiger partial charge in [-0.25, -0.2) is 8.42 Å². The Bertz CT molecular complexity index is 853. The van der Waals surface area contributed by atoms with Crippen molar-refractivity contribution in [2.24, 2.45) is 0 Å². The molecule has 0 saturated carbocycles. The first-order valence-corrected chi connectivity index (χ1v) is 13.2. The van der Waals surface area contributed by atoms with Crippen molar-refractivity contribution in [3.8, 4) is 11.5 Å². The Balaban J connectivity index is 0.00000512. The third-order valence-corrected chi connectivity index (χ3v) is 6.51. The van der Waals surface area contributed by atoms with Crippen molar-refractivity contribution >= 4 is 10.1 Å². The molecule has 0 radical (unpaired) electrons.